The van der Waals surface area contributed by atoms with Crippen molar-refractivity contribution in [1.29, 1.82) is 0 Å². The molecule has 0 heterocycles. The first-order valence-corrected chi connectivity index (χ1v) is 8.66. The second-order valence-electron chi connectivity index (χ2n) is 6.54. The molecule has 0 aromatic carbocycles. The van der Waals surface area contributed by atoms with E-state index in [0.717, 1.165) is 18.0 Å². The molecular formula is C16H30ClN. The summed E-state index contributed by atoms with van der Waals surface area (Å²) in [6.45, 7) is 3.55. The second kappa shape index (κ2) is 7.75. The molecule has 18 heavy (non-hydrogen) atoms. The first kappa shape index (κ1) is 14.7. The van der Waals surface area contributed by atoms with Gasteiger partial charge in [0.15, 0.2) is 0 Å². The highest BCUT2D eigenvalue weighted by atomic mass is 35.5. The number of halogens is 1. The molecule has 1 nitrogen and oxygen atoms in total. The summed E-state index contributed by atoms with van der Waals surface area (Å²) in [6, 6.07) is 1.74. The molecule has 1 unspecified atom stereocenters. The van der Waals surface area contributed by atoms with Crippen molar-refractivity contribution in [2.24, 2.45) is 5.92 Å². The van der Waals surface area contributed by atoms with Crippen LogP contribution in [0.5, 0.6) is 0 Å². The molecule has 1 atom stereocenters. The SMILES string of the molecule is CC(CCl)CN(C1CCCCC1)C1CCCCC1. The van der Waals surface area contributed by atoms with Crippen LogP contribution in [0.2, 0.25) is 0 Å². The van der Waals surface area contributed by atoms with Crippen LogP contribution in [-0.2, 0) is 0 Å². The van der Waals surface area contributed by atoms with Gasteiger partial charge >= 0.3 is 0 Å². The molecule has 0 spiro atoms. The van der Waals surface area contributed by atoms with E-state index in [0.29, 0.717) is 5.92 Å². The summed E-state index contributed by atoms with van der Waals surface area (Å²) in [5.41, 5.74) is 0. The van der Waals surface area contributed by atoms with Crippen molar-refractivity contribution >= 4 is 11.6 Å². The second-order valence-corrected chi connectivity index (χ2v) is 6.85. The molecule has 0 aromatic rings. The summed E-state index contributed by atoms with van der Waals surface area (Å²) >= 11 is 6.05. The lowest BCUT2D eigenvalue weighted by atomic mass is 9.88. The lowest BCUT2D eigenvalue weighted by Gasteiger charge is -2.42. The summed E-state index contributed by atoms with van der Waals surface area (Å²) in [4.78, 5) is 2.87. The van der Waals surface area contributed by atoms with Crippen LogP contribution in [0.15, 0.2) is 0 Å². The Kier molecular flexibility index (Phi) is 6.31. The van der Waals surface area contributed by atoms with Gasteiger partial charge in [-0.1, -0.05) is 45.4 Å². The van der Waals surface area contributed by atoms with Gasteiger partial charge in [-0.2, -0.15) is 0 Å². The first-order valence-electron chi connectivity index (χ1n) is 8.13. The molecule has 2 heteroatoms. The van der Waals surface area contributed by atoms with E-state index in [4.69, 9.17) is 11.6 Å². The number of hydrogen-bond acceptors (Lipinski definition) is 1. The Morgan fingerprint density at radius 3 is 1.72 bits per heavy atom. The van der Waals surface area contributed by atoms with E-state index < -0.39 is 0 Å². The van der Waals surface area contributed by atoms with Crippen molar-refractivity contribution in [3.05, 3.63) is 0 Å². The lowest BCUT2D eigenvalue weighted by molar-refractivity contribution is 0.0694. The standard InChI is InChI=1S/C16H30ClN/c1-14(12-17)13-18(15-8-4-2-5-9-15)16-10-6-3-7-11-16/h14-16H,2-13H2,1H3. The van der Waals surface area contributed by atoms with Crippen molar-refractivity contribution in [2.75, 3.05) is 12.4 Å². The quantitative estimate of drug-likeness (QED) is 0.648. The Morgan fingerprint density at radius 2 is 1.33 bits per heavy atom. The molecule has 0 aliphatic heterocycles. The van der Waals surface area contributed by atoms with E-state index in [9.17, 15) is 0 Å². The van der Waals surface area contributed by atoms with Crippen molar-refractivity contribution in [1.82, 2.24) is 4.90 Å². The fraction of sp³-hybridized carbons (Fsp3) is 1.00. The fourth-order valence-electron chi connectivity index (χ4n) is 3.83. The highest BCUT2D eigenvalue weighted by Crippen LogP contribution is 2.30. The average Bonchev–Trinajstić information content (AvgIpc) is 2.46. The van der Waals surface area contributed by atoms with E-state index in [1.807, 2.05) is 0 Å². The van der Waals surface area contributed by atoms with E-state index in [1.54, 1.807) is 0 Å². The fourth-order valence-corrected chi connectivity index (χ4v) is 3.93. The third-order valence-electron chi connectivity index (χ3n) is 4.87. The molecular weight excluding hydrogens is 242 g/mol. The van der Waals surface area contributed by atoms with Crippen LogP contribution >= 0.6 is 11.6 Å². The van der Waals surface area contributed by atoms with Crippen molar-refractivity contribution in [3.8, 4) is 0 Å². The topological polar surface area (TPSA) is 3.24 Å². The van der Waals surface area contributed by atoms with Gasteiger partial charge in [0.25, 0.3) is 0 Å². The van der Waals surface area contributed by atoms with Crippen LogP contribution in [0.3, 0.4) is 0 Å². The maximum atomic E-state index is 6.05. The van der Waals surface area contributed by atoms with Crippen LogP contribution in [0, 0.1) is 5.92 Å². The Bertz CT molecular complexity index is 201. The Labute approximate surface area is 118 Å². The first-order chi connectivity index (χ1) is 8.81. The summed E-state index contributed by atoms with van der Waals surface area (Å²) in [7, 11) is 0. The molecule has 0 bridgehead atoms. The van der Waals surface area contributed by atoms with Crippen molar-refractivity contribution in [2.45, 2.75) is 83.2 Å². The maximum Gasteiger partial charge on any atom is 0.0261 e. The van der Waals surface area contributed by atoms with Gasteiger partial charge in [-0.05, 0) is 31.6 Å². The zero-order valence-electron chi connectivity index (χ0n) is 12.0. The molecule has 0 N–H and O–H groups in total. The van der Waals surface area contributed by atoms with Gasteiger partial charge in [0.1, 0.15) is 0 Å². The van der Waals surface area contributed by atoms with Gasteiger partial charge < -0.3 is 0 Å². The molecule has 2 fully saturated rings. The minimum atomic E-state index is 0.649. The molecule has 106 valence electrons. The van der Waals surface area contributed by atoms with Crippen LogP contribution in [0.1, 0.15) is 71.1 Å². The Balaban J connectivity index is 1.95. The smallest absolute Gasteiger partial charge is 0.0261 e. The molecule has 0 amide bonds. The maximum absolute atomic E-state index is 6.05. The monoisotopic (exact) mass is 271 g/mol. The van der Waals surface area contributed by atoms with Gasteiger partial charge in [-0.25, -0.2) is 0 Å². The number of nitrogens with zero attached hydrogens (tertiary/aromatic N) is 1. The van der Waals surface area contributed by atoms with Crippen LogP contribution in [-0.4, -0.2) is 29.4 Å². The van der Waals surface area contributed by atoms with E-state index in [1.165, 1.54) is 70.8 Å². The molecule has 2 rings (SSSR count). The van der Waals surface area contributed by atoms with Crippen LogP contribution in [0.25, 0.3) is 0 Å². The van der Waals surface area contributed by atoms with Crippen LogP contribution < -0.4 is 0 Å². The molecule has 2 saturated carbocycles. The molecule has 0 saturated heterocycles. The summed E-state index contributed by atoms with van der Waals surface area (Å²) in [6.07, 6.45) is 14.5. The highest BCUT2D eigenvalue weighted by Gasteiger charge is 2.29. The molecule has 2 aliphatic rings. The number of rotatable bonds is 5. The number of alkyl halides is 1. The average molecular weight is 272 g/mol. The van der Waals surface area contributed by atoms with Crippen molar-refractivity contribution < 1.29 is 0 Å². The minimum absolute atomic E-state index is 0.649. The van der Waals surface area contributed by atoms with Crippen molar-refractivity contribution in [3.63, 3.8) is 0 Å². The van der Waals surface area contributed by atoms with E-state index in [2.05, 4.69) is 11.8 Å². The number of hydrogen-bond donors (Lipinski definition) is 0. The normalized spacial score (nSPS) is 25.5. The predicted octanol–water partition coefficient (Wildman–Crippen LogP) is 4.83. The predicted molar refractivity (Wildman–Crippen MR) is 80.3 cm³/mol. The van der Waals surface area contributed by atoms with Gasteiger partial charge in [0.2, 0.25) is 0 Å². The zero-order chi connectivity index (χ0) is 12.8. The Hall–Kier alpha value is 0.250. The van der Waals surface area contributed by atoms with Gasteiger partial charge in [-0.15, -0.1) is 11.6 Å². The molecule has 2 aliphatic carbocycles. The van der Waals surface area contributed by atoms with Gasteiger partial charge in [-0.3, -0.25) is 4.90 Å². The highest BCUT2D eigenvalue weighted by molar-refractivity contribution is 6.18. The zero-order valence-corrected chi connectivity index (χ0v) is 12.8. The van der Waals surface area contributed by atoms with E-state index >= 15 is 0 Å². The largest absolute Gasteiger partial charge is 0.297 e. The minimum Gasteiger partial charge on any atom is -0.297 e. The molecule has 0 aromatic heterocycles. The van der Waals surface area contributed by atoms with Gasteiger partial charge in [0, 0.05) is 24.5 Å². The molecule has 0 radical (unpaired) electrons. The summed E-state index contributed by atoms with van der Waals surface area (Å²) in [5.74, 6) is 1.46. The summed E-state index contributed by atoms with van der Waals surface area (Å²) < 4.78 is 0. The van der Waals surface area contributed by atoms with Gasteiger partial charge in [0.05, 0.1) is 0 Å². The van der Waals surface area contributed by atoms with Crippen LogP contribution in [0.4, 0.5) is 0 Å². The van der Waals surface area contributed by atoms with E-state index in [-0.39, 0.29) is 0 Å². The third kappa shape index (κ3) is 4.13. The summed E-state index contributed by atoms with van der Waals surface area (Å²) in [5, 5.41) is 0. The third-order valence-corrected chi connectivity index (χ3v) is 5.40. The lowest BCUT2D eigenvalue weighted by Crippen LogP contribution is -2.47. The Morgan fingerprint density at radius 1 is 0.889 bits per heavy atom.